The highest BCUT2D eigenvalue weighted by Gasteiger charge is 2.20. The largest absolute Gasteiger partial charge is 0.486 e. The van der Waals surface area contributed by atoms with Gasteiger partial charge in [0.15, 0.2) is 17.5 Å². The van der Waals surface area contributed by atoms with Crippen LogP contribution in [0.4, 0.5) is 0 Å². The fourth-order valence-electron chi connectivity index (χ4n) is 3.08. The fraction of sp³-hybridized carbons (Fsp3) is 0.273. The molecule has 1 aliphatic heterocycles. The van der Waals surface area contributed by atoms with Gasteiger partial charge in [0.25, 0.3) is 0 Å². The predicted octanol–water partition coefficient (Wildman–Crippen LogP) is 3.59. The Kier molecular flexibility index (Phi) is 7.95. The van der Waals surface area contributed by atoms with Gasteiger partial charge in [0.1, 0.15) is 25.1 Å². The van der Waals surface area contributed by atoms with E-state index in [0.717, 1.165) is 35.1 Å². The van der Waals surface area contributed by atoms with E-state index in [1.54, 1.807) is 0 Å². The highest BCUT2D eigenvalue weighted by Crippen LogP contribution is 2.30. The maximum atomic E-state index is 5.99. The van der Waals surface area contributed by atoms with Gasteiger partial charge in [-0.25, -0.2) is 9.98 Å². The summed E-state index contributed by atoms with van der Waals surface area (Å²) in [7, 11) is 0. The third-order valence-electron chi connectivity index (χ3n) is 4.51. The number of benzene rings is 2. The van der Waals surface area contributed by atoms with Crippen molar-refractivity contribution in [2.24, 2.45) is 4.99 Å². The van der Waals surface area contributed by atoms with E-state index in [4.69, 9.17) is 9.47 Å². The van der Waals surface area contributed by atoms with Crippen molar-refractivity contribution in [3.63, 3.8) is 0 Å². The fourth-order valence-corrected chi connectivity index (χ4v) is 3.08. The molecular weight excluding hydrogens is 493 g/mol. The molecule has 7 nitrogen and oxygen atoms in total. The Balaban J connectivity index is 0.00000256. The molecule has 30 heavy (non-hydrogen) atoms. The highest BCUT2D eigenvalue weighted by molar-refractivity contribution is 14.0. The molecule has 1 aromatic heterocycles. The Morgan fingerprint density at radius 2 is 1.87 bits per heavy atom. The van der Waals surface area contributed by atoms with Crippen LogP contribution in [0.3, 0.4) is 0 Å². The van der Waals surface area contributed by atoms with Crippen LogP contribution in [0.5, 0.6) is 11.5 Å². The van der Waals surface area contributed by atoms with E-state index >= 15 is 0 Å². The summed E-state index contributed by atoms with van der Waals surface area (Å²) in [5.41, 5.74) is 2.09. The molecule has 0 amide bonds. The maximum absolute atomic E-state index is 5.99. The zero-order valence-electron chi connectivity index (χ0n) is 16.8. The number of nitrogens with one attached hydrogen (secondary N) is 3. The first-order valence-electron chi connectivity index (χ1n) is 9.82. The number of nitrogens with zero attached hydrogens (tertiary/aromatic N) is 2. The third-order valence-corrected chi connectivity index (χ3v) is 4.51. The zero-order chi connectivity index (χ0) is 19.9. The molecule has 0 bridgehead atoms. The molecule has 3 N–H and O–H groups in total. The van der Waals surface area contributed by atoms with Crippen LogP contribution in [0.2, 0.25) is 0 Å². The standard InChI is InChI=1S/C22H25N5O2.HI/c1-2-23-22(25-12-17-15-28-19-10-6-7-11-20(19)29-17)26-14-21-24-13-18(27-21)16-8-4-3-5-9-16;/h3-11,13,17H,2,12,14-15H2,1H3,(H,24,27)(H2,23,25,26);1H. The van der Waals surface area contributed by atoms with Gasteiger partial charge in [0, 0.05) is 6.54 Å². The van der Waals surface area contributed by atoms with Crippen molar-refractivity contribution in [3.8, 4) is 22.8 Å². The van der Waals surface area contributed by atoms with Crippen molar-refractivity contribution < 1.29 is 9.47 Å². The lowest BCUT2D eigenvalue weighted by atomic mass is 10.2. The molecule has 0 spiro atoms. The smallest absolute Gasteiger partial charge is 0.191 e. The van der Waals surface area contributed by atoms with Crippen molar-refractivity contribution in [2.75, 3.05) is 19.7 Å². The Bertz CT molecular complexity index is 961. The van der Waals surface area contributed by atoms with Gasteiger partial charge in [-0.15, -0.1) is 24.0 Å². The molecule has 0 aliphatic carbocycles. The van der Waals surface area contributed by atoms with Crippen LogP contribution in [0.25, 0.3) is 11.3 Å². The number of H-pyrrole nitrogens is 1. The van der Waals surface area contributed by atoms with Gasteiger partial charge in [-0.3, -0.25) is 0 Å². The average Bonchev–Trinajstić information content (AvgIpc) is 3.25. The van der Waals surface area contributed by atoms with Crippen LogP contribution in [0, 0.1) is 0 Å². The van der Waals surface area contributed by atoms with Gasteiger partial charge in [0.2, 0.25) is 0 Å². The Labute approximate surface area is 193 Å². The maximum Gasteiger partial charge on any atom is 0.191 e. The van der Waals surface area contributed by atoms with Crippen LogP contribution < -0.4 is 20.1 Å². The summed E-state index contributed by atoms with van der Waals surface area (Å²) in [6, 6.07) is 17.8. The van der Waals surface area contributed by atoms with Gasteiger partial charge in [0.05, 0.1) is 18.4 Å². The third kappa shape index (κ3) is 5.65. The number of hydrogen-bond donors (Lipinski definition) is 3. The number of fused-ring (bicyclic) bond motifs is 1. The Morgan fingerprint density at radius 1 is 1.10 bits per heavy atom. The molecule has 1 aliphatic rings. The summed E-state index contributed by atoms with van der Waals surface area (Å²) in [6.07, 6.45) is 1.76. The second-order valence-corrected chi connectivity index (χ2v) is 6.68. The quantitative estimate of drug-likeness (QED) is 0.264. The van der Waals surface area contributed by atoms with Crippen LogP contribution in [0.15, 0.2) is 65.8 Å². The summed E-state index contributed by atoms with van der Waals surface area (Å²) in [5.74, 6) is 3.09. The molecule has 1 unspecified atom stereocenters. The summed E-state index contributed by atoms with van der Waals surface area (Å²) >= 11 is 0. The van der Waals surface area contributed by atoms with E-state index in [1.807, 2.05) is 55.6 Å². The van der Waals surface area contributed by atoms with Crippen LogP contribution >= 0.6 is 24.0 Å². The van der Waals surface area contributed by atoms with Crippen molar-refractivity contribution in [1.29, 1.82) is 0 Å². The molecule has 0 fully saturated rings. The number of hydrogen-bond acceptors (Lipinski definition) is 4. The van der Waals surface area contributed by atoms with E-state index in [2.05, 4.69) is 37.7 Å². The van der Waals surface area contributed by atoms with Gasteiger partial charge < -0.3 is 25.1 Å². The number of rotatable bonds is 6. The summed E-state index contributed by atoms with van der Waals surface area (Å²) in [4.78, 5) is 12.4. The van der Waals surface area contributed by atoms with Crippen molar-refractivity contribution in [2.45, 2.75) is 19.6 Å². The first-order chi connectivity index (χ1) is 14.3. The van der Waals surface area contributed by atoms with Crippen molar-refractivity contribution in [3.05, 3.63) is 66.6 Å². The van der Waals surface area contributed by atoms with Crippen molar-refractivity contribution in [1.82, 2.24) is 20.6 Å². The molecule has 4 rings (SSSR count). The van der Waals surface area contributed by atoms with Gasteiger partial charge >= 0.3 is 0 Å². The van der Waals surface area contributed by atoms with Crippen LogP contribution in [0.1, 0.15) is 12.7 Å². The molecule has 1 atom stereocenters. The lowest BCUT2D eigenvalue weighted by molar-refractivity contribution is 0.0936. The van der Waals surface area contributed by atoms with Gasteiger partial charge in [-0.1, -0.05) is 42.5 Å². The number of ether oxygens (including phenoxy) is 2. The SMILES string of the molecule is CCNC(=NCc1ncc(-c2ccccc2)[nH]1)NCC1COc2ccccc2O1.I. The topological polar surface area (TPSA) is 83.6 Å². The van der Waals surface area contributed by atoms with Crippen LogP contribution in [-0.4, -0.2) is 41.7 Å². The van der Waals surface area contributed by atoms with Crippen LogP contribution in [-0.2, 0) is 6.54 Å². The van der Waals surface area contributed by atoms with E-state index < -0.39 is 0 Å². The van der Waals surface area contributed by atoms with E-state index in [9.17, 15) is 0 Å². The normalized spacial score (nSPS) is 15.2. The summed E-state index contributed by atoms with van der Waals surface area (Å²) in [5, 5.41) is 6.57. The minimum atomic E-state index is -0.0814. The number of halogens is 1. The molecule has 3 aromatic rings. The minimum absolute atomic E-state index is 0. The molecule has 0 saturated carbocycles. The number of guanidine groups is 1. The monoisotopic (exact) mass is 519 g/mol. The first-order valence-corrected chi connectivity index (χ1v) is 9.82. The van der Waals surface area contributed by atoms with Gasteiger partial charge in [-0.05, 0) is 24.6 Å². The minimum Gasteiger partial charge on any atom is -0.486 e. The molecule has 158 valence electrons. The van der Waals surface area contributed by atoms with E-state index in [0.29, 0.717) is 25.7 Å². The lowest BCUT2D eigenvalue weighted by Crippen LogP contribution is -2.45. The number of aliphatic imine (C=N–C) groups is 1. The lowest BCUT2D eigenvalue weighted by Gasteiger charge is -2.27. The Hall–Kier alpha value is -2.75. The van der Waals surface area contributed by atoms with E-state index in [-0.39, 0.29) is 30.1 Å². The zero-order valence-corrected chi connectivity index (χ0v) is 19.1. The van der Waals surface area contributed by atoms with Crippen molar-refractivity contribution >= 4 is 29.9 Å². The number of para-hydroxylation sites is 2. The highest BCUT2D eigenvalue weighted by atomic mass is 127. The second kappa shape index (κ2) is 10.9. The number of imidazole rings is 1. The van der Waals surface area contributed by atoms with Gasteiger partial charge in [-0.2, -0.15) is 0 Å². The predicted molar refractivity (Wildman–Crippen MR) is 129 cm³/mol. The second-order valence-electron chi connectivity index (χ2n) is 6.68. The molecule has 2 aromatic carbocycles. The first kappa shape index (κ1) is 21.9. The molecule has 8 heteroatoms. The summed E-state index contributed by atoms with van der Waals surface area (Å²) in [6.45, 7) is 4.35. The Morgan fingerprint density at radius 3 is 2.67 bits per heavy atom. The van der Waals surface area contributed by atoms with E-state index in [1.165, 1.54) is 0 Å². The summed E-state index contributed by atoms with van der Waals surface area (Å²) < 4.78 is 11.7. The molecule has 2 heterocycles. The number of aromatic amines is 1. The number of aromatic nitrogens is 2. The molecule has 0 saturated heterocycles. The molecule has 0 radical (unpaired) electrons. The molecular formula is C22H26IN5O2. The average molecular weight is 519 g/mol.